The van der Waals surface area contributed by atoms with E-state index >= 15 is 0 Å². The summed E-state index contributed by atoms with van der Waals surface area (Å²) in [6, 6.07) is 15.1. The maximum absolute atomic E-state index is 5.49. The predicted octanol–water partition coefficient (Wildman–Crippen LogP) is 3.90. The van der Waals surface area contributed by atoms with Gasteiger partial charge in [-0.15, -0.1) is 12.3 Å². The summed E-state index contributed by atoms with van der Waals surface area (Å²) in [5.41, 5.74) is 1.31. The zero-order valence-corrected chi connectivity index (χ0v) is 10.8. The quantitative estimate of drug-likeness (QED) is 0.778. The Hall–Kier alpha value is -1.78. The first-order valence-electron chi connectivity index (χ1n) is 6.51. The van der Waals surface area contributed by atoms with E-state index in [4.69, 9.17) is 6.42 Å². The third-order valence-corrected chi connectivity index (χ3v) is 3.16. The van der Waals surface area contributed by atoms with Gasteiger partial charge in [-0.25, -0.2) is 0 Å². The van der Waals surface area contributed by atoms with Gasteiger partial charge in [0.15, 0.2) is 0 Å². The average Bonchev–Trinajstić information content (AvgIpc) is 2.43. The first-order chi connectivity index (χ1) is 8.86. The Labute approximate surface area is 109 Å². The van der Waals surface area contributed by atoms with Crippen molar-refractivity contribution in [1.82, 2.24) is 5.32 Å². The molecular formula is C17H19N. The molecule has 1 unspecified atom stereocenters. The van der Waals surface area contributed by atoms with Gasteiger partial charge in [0.2, 0.25) is 0 Å². The van der Waals surface area contributed by atoms with E-state index in [1.165, 1.54) is 16.3 Å². The lowest BCUT2D eigenvalue weighted by Gasteiger charge is -2.18. The Morgan fingerprint density at radius 2 is 1.94 bits per heavy atom. The van der Waals surface area contributed by atoms with Gasteiger partial charge in [0.25, 0.3) is 0 Å². The number of terminal acetylenes is 1. The lowest BCUT2D eigenvalue weighted by atomic mass is 9.97. The van der Waals surface area contributed by atoms with Crippen molar-refractivity contribution in [3.8, 4) is 12.3 Å². The summed E-state index contributed by atoms with van der Waals surface area (Å²) in [6.45, 7) is 3.17. The minimum absolute atomic E-state index is 0.251. The SMILES string of the molecule is C#CCC(NCCC)c1cccc2ccccc12. The van der Waals surface area contributed by atoms with E-state index < -0.39 is 0 Å². The van der Waals surface area contributed by atoms with Gasteiger partial charge in [0.1, 0.15) is 0 Å². The van der Waals surface area contributed by atoms with Crippen molar-refractivity contribution in [3.05, 3.63) is 48.0 Å². The molecule has 1 heteroatoms. The monoisotopic (exact) mass is 237 g/mol. The first kappa shape index (κ1) is 12.7. The second kappa shape index (κ2) is 6.23. The van der Waals surface area contributed by atoms with E-state index in [2.05, 4.69) is 60.6 Å². The van der Waals surface area contributed by atoms with Gasteiger partial charge >= 0.3 is 0 Å². The van der Waals surface area contributed by atoms with Crippen molar-refractivity contribution in [1.29, 1.82) is 0 Å². The van der Waals surface area contributed by atoms with E-state index in [1.807, 2.05) is 0 Å². The predicted molar refractivity (Wildman–Crippen MR) is 78.4 cm³/mol. The smallest absolute Gasteiger partial charge is 0.0436 e. The minimum atomic E-state index is 0.251. The Morgan fingerprint density at radius 1 is 1.17 bits per heavy atom. The molecule has 2 aromatic rings. The molecule has 0 amide bonds. The fourth-order valence-corrected chi connectivity index (χ4v) is 2.28. The highest BCUT2D eigenvalue weighted by atomic mass is 14.9. The number of hydrogen-bond acceptors (Lipinski definition) is 1. The van der Waals surface area contributed by atoms with Crippen LogP contribution in [0.3, 0.4) is 0 Å². The first-order valence-corrected chi connectivity index (χ1v) is 6.51. The topological polar surface area (TPSA) is 12.0 Å². The normalized spacial score (nSPS) is 12.2. The molecule has 1 N–H and O–H groups in total. The van der Waals surface area contributed by atoms with Crippen LogP contribution in [0.25, 0.3) is 10.8 Å². The van der Waals surface area contributed by atoms with Crippen molar-refractivity contribution in [3.63, 3.8) is 0 Å². The number of nitrogens with one attached hydrogen (secondary N) is 1. The van der Waals surface area contributed by atoms with E-state index in [1.54, 1.807) is 0 Å². The van der Waals surface area contributed by atoms with Crippen LogP contribution >= 0.6 is 0 Å². The zero-order chi connectivity index (χ0) is 12.8. The van der Waals surface area contributed by atoms with Gasteiger partial charge in [-0.05, 0) is 29.3 Å². The molecule has 1 atom stereocenters. The molecule has 0 bridgehead atoms. The number of fused-ring (bicyclic) bond motifs is 1. The lowest BCUT2D eigenvalue weighted by molar-refractivity contribution is 0.546. The van der Waals surface area contributed by atoms with Crippen LogP contribution < -0.4 is 5.32 Å². The summed E-state index contributed by atoms with van der Waals surface area (Å²) >= 11 is 0. The van der Waals surface area contributed by atoms with Crippen LogP contribution in [0, 0.1) is 12.3 Å². The summed E-state index contributed by atoms with van der Waals surface area (Å²) in [7, 11) is 0. The average molecular weight is 237 g/mol. The molecule has 92 valence electrons. The van der Waals surface area contributed by atoms with Crippen molar-refractivity contribution < 1.29 is 0 Å². The van der Waals surface area contributed by atoms with Gasteiger partial charge in [0, 0.05) is 12.5 Å². The lowest BCUT2D eigenvalue weighted by Crippen LogP contribution is -2.21. The Balaban J connectivity index is 2.40. The molecule has 2 aromatic carbocycles. The van der Waals surface area contributed by atoms with Gasteiger partial charge < -0.3 is 5.32 Å². The number of hydrogen-bond donors (Lipinski definition) is 1. The summed E-state index contributed by atoms with van der Waals surface area (Å²) in [6.07, 6.45) is 7.34. The van der Waals surface area contributed by atoms with Crippen molar-refractivity contribution in [2.24, 2.45) is 0 Å². The second-order valence-electron chi connectivity index (χ2n) is 4.48. The summed E-state index contributed by atoms with van der Waals surface area (Å²) in [4.78, 5) is 0. The molecule has 0 fully saturated rings. The fraction of sp³-hybridized carbons (Fsp3) is 0.294. The molecule has 0 aliphatic heterocycles. The maximum atomic E-state index is 5.49. The maximum Gasteiger partial charge on any atom is 0.0436 e. The van der Waals surface area contributed by atoms with Crippen LogP contribution in [0.5, 0.6) is 0 Å². The number of benzene rings is 2. The Kier molecular flexibility index (Phi) is 4.39. The molecular weight excluding hydrogens is 218 g/mol. The van der Waals surface area contributed by atoms with Crippen molar-refractivity contribution >= 4 is 10.8 Å². The van der Waals surface area contributed by atoms with Crippen LogP contribution in [0.15, 0.2) is 42.5 Å². The molecule has 0 aromatic heterocycles. The fourth-order valence-electron chi connectivity index (χ4n) is 2.28. The largest absolute Gasteiger partial charge is 0.309 e. The molecule has 0 saturated carbocycles. The molecule has 0 heterocycles. The molecule has 0 radical (unpaired) electrons. The van der Waals surface area contributed by atoms with Crippen LogP contribution in [0.2, 0.25) is 0 Å². The summed E-state index contributed by atoms with van der Waals surface area (Å²) in [5.74, 6) is 2.78. The third kappa shape index (κ3) is 2.72. The van der Waals surface area contributed by atoms with Gasteiger partial charge in [-0.1, -0.05) is 49.4 Å². The Morgan fingerprint density at radius 3 is 2.72 bits per heavy atom. The Bertz CT molecular complexity index is 546. The molecule has 0 aliphatic rings. The number of rotatable bonds is 5. The zero-order valence-electron chi connectivity index (χ0n) is 10.8. The molecule has 18 heavy (non-hydrogen) atoms. The summed E-state index contributed by atoms with van der Waals surface area (Å²) in [5, 5.41) is 6.10. The highest BCUT2D eigenvalue weighted by Gasteiger charge is 2.11. The molecule has 0 spiro atoms. The van der Waals surface area contributed by atoms with E-state index in [0.717, 1.165) is 19.4 Å². The van der Waals surface area contributed by atoms with Crippen LogP contribution in [-0.4, -0.2) is 6.54 Å². The van der Waals surface area contributed by atoms with Gasteiger partial charge in [-0.2, -0.15) is 0 Å². The second-order valence-corrected chi connectivity index (χ2v) is 4.48. The van der Waals surface area contributed by atoms with Crippen LogP contribution in [-0.2, 0) is 0 Å². The highest BCUT2D eigenvalue weighted by Crippen LogP contribution is 2.26. The van der Waals surface area contributed by atoms with Gasteiger partial charge in [0.05, 0.1) is 0 Å². The van der Waals surface area contributed by atoms with Crippen molar-refractivity contribution in [2.45, 2.75) is 25.8 Å². The van der Waals surface area contributed by atoms with E-state index in [0.29, 0.717) is 0 Å². The van der Waals surface area contributed by atoms with Crippen LogP contribution in [0.4, 0.5) is 0 Å². The van der Waals surface area contributed by atoms with Gasteiger partial charge in [-0.3, -0.25) is 0 Å². The minimum Gasteiger partial charge on any atom is -0.309 e. The van der Waals surface area contributed by atoms with Crippen molar-refractivity contribution in [2.75, 3.05) is 6.54 Å². The highest BCUT2D eigenvalue weighted by molar-refractivity contribution is 5.86. The molecule has 0 aliphatic carbocycles. The summed E-state index contributed by atoms with van der Waals surface area (Å²) < 4.78 is 0. The standard InChI is InChI=1S/C17H19N/c1-3-8-17(18-13-4-2)16-12-7-10-14-9-5-6-11-15(14)16/h1,5-7,9-12,17-18H,4,8,13H2,2H3. The van der Waals surface area contributed by atoms with E-state index in [-0.39, 0.29) is 6.04 Å². The molecule has 1 nitrogen and oxygen atoms in total. The molecule has 0 saturated heterocycles. The molecule has 2 rings (SSSR count). The third-order valence-electron chi connectivity index (χ3n) is 3.16. The van der Waals surface area contributed by atoms with E-state index in [9.17, 15) is 0 Å². The van der Waals surface area contributed by atoms with Crippen LogP contribution in [0.1, 0.15) is 31.4 Å².